The van der Waals surface area contributed by atoms with Crippen LogP contribution < -0.4 is 0 Å². The second kappa shape index (κ2) is 36.0. The Kier molecular flexibility index (Phi) is 81.2. The van der Waals surface area contributed by atoms with Gasteiger partial charge in [0.15, 0.2) is 17.4 Å². The number of carboxylic acids is 4. The van der Waals surface area contributed by atoms with Crippen molar-refractivity contribution in [2.45, 2.75) is 27.7 Å². The van der Waals surface area contributed by atoms with Crippen LogP contribution in [0.1, 0.15) is 27.7 Å². The maximum Gasteiger partial charge on any atom is 0.300 e. The van der Waals surface area contributed by atoms with Crippen LogP contribution in [0.5, 0.6) is 0 Å². The van der Waals surface area contributed by atoms with E-state index >= 15 is 0 Å². The van der Waals surface area contributed by atoms with Crippen LogP contribution >= 0.6 is 12.4 Å². The Hall–Kier alpha value is -0.414. The molecule has 0 rings (SSSR count). The quantitative estimate of drug-likeness (QED) is 0.403. The van der Waals surface area contributed by atoms with Gasteiger partial charge in [0.25, 0.3) is 23.9 Å². The number of hydrogen-bond acceptors (Lipinski definition) is 4. The van der Waals surface area contributed by atoms with Crippen molar-refractivity contribution in [3.8, 4) is 0 Å². The predicted octanol–water partition coefficient (Wildman–Crippen LogP) is -0.401. The second-order valence-electron chi connectivity index (χ2n) is 2.08. The first-order chi connectivity index (χ1) is 6.93. The smallest absolute Gasteiger partial charge is 0.300 e. The normalized spacial score (nSPS) is 5.26. The standard InChI is InChI=1S/4C2H4O2.Al.ClH.Zr.3H/c4*1-2(3)4;;;;;;/h4*1H3,(H,3,4);;1H;;;;. The molecule has 11 heteroatoms. The van der Waals surface area contributed by atoms with E-state index in [1.165, 1.54) is 0 Å². The van der Waals surface area contributed by atoms with Crippen molar-refractivity contribution in [2.75, 3.05) is 0 Å². The van der Waals surface area contributed by atoms with Gasteiger partial charge in [0.2, 0.25) is 0 Å². The number of hydrogen-bond donors (Lipinski definition) is 4. The summed E-state index contributed by atoms with van der Waals surface area (Å²) in [6.45, 7) is 4.33. The fourth-order valence-electron chi connectivity index (χ4n) is 0. The fraction of sp³-hybridized carbons (Fsp3) is 0.500. The van der Waals surface area contributed by atoms with E-state index in [0.717, 1.165) is 27.7 Å². The van der Waals surface area contributed by atoms with Gasteiger partial charge in [0, 0.05) is 53.9 Å². The third-order valence-corrected chi connectivity index (χ3v) is 0. The first-order valence-electron chi connectivity index (χ1n) is 3.71. The third-order valence-electron chi connectivity index (χ3n) is 0. The van der Waals surface area contributed by atoms with Crippen molar-refractivity contribution in [3.63, 3.8) is 0 Å². The summed E-state index contributed by atoms with van der Waals surface area (Å²) in [5, 5.41) is 29.7. The van der Waals surface area contributed by atoms with Gasteiger partial charge in [-0.1, -0.05) is 0 Å². The van der Waals surface area contributed by atoms with Crippen molar-refractivity contribution in [3.05, 3.63) is 0 Å². The molecule has 0 aliphatic carbocycles. The summed E-state index contributed by atoms with van der Waals surface area (Å²) < 4.78 is 0. The van der Waals surface area contributed by atoms with E-state index in [1.807, 2.05) is 0 Å². The maximum absolute atomic E-state index is 9.00. The molecule has 0 aliphatic rings. The van der Waals surface area contributed by atoms with Crippen LogP contribution in [-0.2, 0) is 45.4 Å². The molecule has 0 saturated carbocycles. The molecular weight excluding hydrogens is 378 g/mol. The topological polar surface area (TPSA) is 149 Å². The molecule has 0 spiro atoms. The van der Waals surface area contributed by atoms with Gasteiger partial charge in [-0.2, -0.15) is 0 Å². The molecule has 0 aromatic rings. The van der Waals surface area contributed by atoms with Crippen molar-refractivity contribution < 1.29 is 65.8 Å². The molecule has 0 atom stereocenters. The van der Waals surface area contributed by atoms with Crippen LogP contribution in [0.25, 0.3) is 0 Å². The summed E-state index contributed by atoms with van der Waals surface area (Å²) in [6.07, 6.45) is 0. The summed E-state index contributed by atoms with van der Waals surface area (Å²) in [5.41, 5.74) is 0. The van der Waals surface area contributed by atoms with Crippen LogP contribution in [0.3, 0.4) is 0 Å². The summed E-state index contributed by atoms with van der Waals surface area (Å²) in [5.74, 6) is -3.33. The van der Waals surface area contributed by atoms with Gasteiger partial charge in [-0.25, -0.2) is 0 Å². The molecule has 0 radical (unpaired) electrons. The third kappa shape index (κ3) is 24900. The average Bonchev–Trinajstić information content (AvgIpc) is 1.76. The van der Waals surface area contributed by atoms with E-state index in [-0.39, 0.29) is 56.0 Å². The molecular formula is C8H20AlClO8Zr. The zero-order valence-electron chi connectivity index (χ0n) is 10.3. The Balaban J connectivity index is -0.0000000192. The number of halogens is 1. The molecule has 19 heavy (non-hydrogen) atoms. The molecule has 0 heterocycles. The molecule has 0 amide bonds. The Labute approximate surface area is 146 Å². The number of aliphatic carboxylic acids is 4. The van der Waals surface area contributed by atoms with E-state index < -0.39 is 23.9 Å². The van der Waals surface area contributed by atoms with E-state index in [2.05, 4.69) is 0 Å². The summed E-state index contributed by atoms with van der Waals surface area (Å²) >= 11 is 0. The minimum atomic E-state index is -0.833. The summed E-state index contributed by atoms with van der Waals surface area (Å²) in [6, 6.07) is 0. The van der Waals surface area contributed by atoms with E-state index in [9.17, 15) is 0 Å². The minimum Gasteiger partial charge on any atom is -0.481 e. The second-order valence-corrected chi connectivity index (χ2v) is 2.08. The molecule has 0 aromatic carbocycles. The largest absolute Gasteiger partial charge is 0.481 e. The molecule has 0 fully saturated rings. The number of carboxylic acid groups (broad SMARTS) is 4. The zero-order valence-corrected chi connectivity index (χ0v) is 13.6. The first kappa shape index (κ1) is 42.8. The van der Waals surface area contributed by atoms with E-state index in [4.69, 9.17) is 39.6 Å². The SMILES string of the molecule is CC(=O)O.CC(=O)O.CC(=O)O.CC(=O)O.Cl.[AlH3].[Zr]. The van der Waals surface area contributed by atoms with Gasteiger partial charge in [-0.05, 0) is 0 Å². The monoisotopic (exact) mass is 396 g/mol. The molecule has 0 saturated heterocycles. The van der Waals surface area contributed by atoms with Gasteiger partial charge in [0.1, 0.15) is 0 Å². The van der Waals surface area contributed by atoms with E-state index in [0.29, 0.717) is 0 Å². The van der Waals surface area contributed by atoms with Crippen molar-refractivity contribution in [2.24, 2.45) is 0 Å². The first-order valence-corrected chi connectivity index (χ1v) is 3.71. The Morgan fingerprint density at radius 1 is 0.579 bits per heavy atom. The number of rotatable bonds is 0. The zero-order chi connectivity index (χ0) is 14.3. The summed E-state index contributed by atoms with van der Waals surface area (Å²) in [7, 11) is 0. The van der Waals surface area contributed by atoms with Crippen molar-refractivity contribution >= 4 is 53.6 Å². The fourth-order valence-corrected chi connectivity index (χ4v) is 0. The molecule has 8 nitrogen and oxygen atoms in total. The molecule has 4 N–H and O–H groups in total. The van der Waals surface area contributed by atoms with Crippen LogP contribution in [0.2, 0.25) is 0 Å². The van der Waals surface area contributed by atoms with E-state index in [1.54, 1.807) is 0 Å². The Morgan fingerprint density at radius 3 is 0.579 bits per heavy atom. The Bertz CT molecular complexity index is 173. The maximum atomic E-state index is 9.00. The van der Waals surface area contributed by atoms with Gasteiger partial charge >= 0.3 is 0 Å². The number of carbonyl (C=O) groups is 4. The Morgan fingerprint density at radius 2 is 0.579 bits per heavy atom. The van der Waals surface area contributed by atoms with Gasteiger partial charge in [-0.3, -0.25) is 19.2 Å². The molecule has 114 valence electrons. The predicted molar refractivity (Wildman–Crippen MR) is 70.4 cm³/mol. The van der Waals surface area contributed by atoms with Crippen LogP contribution in [0.4, 0.5) is 0 Å². The van der Waals surface area contributed by atoms with Crippen molar-refractivity contribution in [1.29, 1.82) is 0 Å². The summed E-state index contributed by atoms with van der Waals surface area (Å²) in [4.78, 5) is 36.0. The average molecular weight is 398 g/mol. The minimum absolute atomic E-state index is 0. The van der Waals surface area contributed by atoms with Crippen LogP contribution in [0.15, 0.2) is 0 Å². The van der Waals surface area contributed by atoms with Gasteiger partial charge in [0.05, 0.1) is 0 Å². The molecule has 0 unspecified atom stereocenters. The molecule has 0 aromatic heterocycles. The van der Waals surface area contributed by atoms with Crippen LogP contribution in [-0.4, -0.2) is 61.7 Å². The molecule has 0 aliphatic heterocycles. The van der Waals surface area contributed by atoms with Gasteiger partial charge in [-0.15, -0.1) is 12.4 Å². The molecule has 0 bridgehead atoms. The van der Waals surface area contributed by atoms with Crippen LogP contribution in [0, 0.1) is 0 Å². The van der Waals surface area contributed by atoms with Crippen molar-refractivity contribution in [1.82, 2.24) is 0 Å². The van der Waals surface area contributed by atoms with Gasteiger partial charge < -0.3 is 20.4 Å².